The van der Waals surface area contributed by atoms with Crippen LogP contribution < -0.4 is 18.5 Å². The number of thiazole rings is 1. The number of ether oxygens (including phenoxy) is 3. The summed E-state index contributed by atoms with van der Waals surface area (Å²) < 4.78 is 47.2. The Morgan fingerprint density at radius 1 is 1.00 bits per heavy atom. The molecule has 5 rings (SSSR count). The largest absolute Gasteiger partial charge is 0.497 e. The molecule has 11 heteroatoms. The van der Waals surface area contributed by atoms with Gasteiger partial charge in [0.15, 0.2) is 22.7 Å². The van der Waals surface area contributed by atoms with Crippen molar-refractivity contribution in [1.82, 2.24) is 9.97 Å². The molecular formula is C31H29FN4O4S2. The third-order valence-electron chi connectivity index (χ3n) is 6.09. The first kappa shape index (κ1) is 30.4. The van der Waals surface area contributed by atoms with E-state index in [2.05, 4.69) is 9.97 Å². The number of nitriles is 1. The molecule has 5 aromatic rings. The second kappa shape index (κ2) is 14.4. The van der Waals surface area contributed by atoms with E-state index >= 15 is 4.39 Å². The van der Waals surface area contributed by atoms with Gasteiger partial charge in [-0.1, -0.05) is 32.0 Å². The van der Waals surface area contributed by atoms with Crippen molar-refractivity contribution < 1.29 is 22.8 Å². The van der Waals surface area contributed by atoms with Crippen LogP contribution in [0.25, 0.3) is 22.0 Å². The molecular weight excluding hydrogens is 575 g/mol. The van der Waals surface area contributed by atoms with Crippen LogP contribution in [-0.4, -0.2) is 35.0 Å². The zero-order valence-corrected chi connectivity index (χ0v) is 25.2. The lowest BCUT2D eigenvalue weighted by molar-refractivity contribution is 0.369. The molecule has 0 spiro atoms. The summed E-state index contributed by atoms with van der Waals surface area (Å²) in [6.07, 6.45) is 2.77. The van der Waals surface area contributed by atoms with Gasteiger partial charge in [0.25, 0.3) is 0 Å². The molecule has 1 unspecified atom stereocenters. The van der Waals surface area contributed by atoms with Crippen LogP contribution in [0.2, 0.25) is 0 Å². The number of anilines is 1. The smallest absolute Gasteiger partial charge is 0.197 e. The Labute approximate surface area is 250 Å². The normalized spacial score (nSPS) is 11.1. The van der Waals surface area contributed by atoms with Crippen molar-refractivity contribution >= 4 is 38.2 Å². The lowest BCUT2D eigenvalue weighted by atomic mass is 10.0. The van der Waals surface area contributed by atoms with Crippen molar-refractivity contribution in [3.05, 3.63) is 89.8 Å². The van der Waals surface area contributed by atoms with Gasteiger partial charge in [0, 0.05) is 39.5 Å². The summed E-state index contributed by atoms with van der Waals surface area (Å²) in [4.78, 5) is 9.10. The van der Waals surface area contributed by atoms with Crippen molar-refractivity contribution in [3.8, 4) is 34.6 Å². The number of rotatable bonds is 10. The molecule has 0 fully saturated rings. The third kappa shape index (κ3) is 6.51. The Hall–Kier alpha value is -4.53. The highest BCUT2D eigenvalue weighted by atomic mass is 32.2. The fraction of sp³-hybridized carbons (Fsp3) is 0.194. The molecule has 0 aliphatic rings. The van der Waals surface area contributed by atoms with E-state index in [1.54, 1.807) is 78.6 Å². The molecule has 0 bridgehead atoms. The van der Waals surface area contributed by atoms with Crippen molar-refractivity contribution in [2.24, 2.45) is 0 Å². The Kier molecular flexibility index (Phi) is 10.4. The molecule has 2 heterocycles. The molecule has 0 radical (unpaired) electrons. The maximum absolute atomic E-state index is 15.1. The van der Waals surface area contributed by atoms with Gasteiger partial charge in [-0.2, -0.15) is 5.26 Å². The number of hydrogen-bond acceptors (Lipinski definition) is 8. The van der Waals surface area contributed by atoms with E-state index in [4.69, 9.17) is 19.5 Å². The van der Waals surface area contributed by atoms with Crippen LogP contribution in [0.15, 0.2) is 83.3 Å². The molecule has 1 atom stereocenters. The number of methoxy groups -OCH3 is 2. The third-order valence-corrected chi connectivity index (χ3v) is 8.36. The first-order valence-corrected chi connectivity index (χ1v) is 15.0. The average molecular weight is 605 g/mol. The van der Waals surface area contributed by atoms with Crippen molar-refractivity contribution in [1.29, 1.82) is 5.26 Å². The van der Waals surface area contributed by atoms with Gasteiger partial charge in [-0.05, 0) is 36.4 Å². The molecule has 0 saturated carbocycles. The number of hydrogen-bond donors (Lipinski definition) is 0. The molecule has 42 heavy (non-hydrogen) atoms. The zero-order valence-electron chi connectivity index (χ0n) is 23.5. The first-order valence-electron chi connectivity index (χ1n) is 13.0. The van der Waals surface area contributed by atoms with Crippen LogP contribution in [0, 0.1) is 17.1 Å². The van der Waals surface area contributed by atoms with E-state index in [1.807, 2.05) is 32.0 Å². The molecule has 8 nitrogen and oxygen atoms in total. The van der Waals surface area contributed by atoms with Gasteiger partial charge in [0.05, 0.1) is 37.6 Å². The summed E-state index contributed by atoms with van der Waals surface area (Å²) in [7, 11) is 1.39. The van der Waals surface area contributed by atoms with Crippen LogP contribution in [0.5, 0.6) is 17.2 Å². The van der Waals surface area contributed by atoms with Crippen LogP contribution in [-0.2, 0) is 17.5 Å². The topological polar surface area (TPSA) is 97.6 Å². The number of halogens is 1. The van der Waals surface area contributed by atoms with E-state index < -0.39 is 16.8 Å². The lowest BCUT2D eigenvalue weighted by Crippen LogP contribution is -2.25. The van der Waals surface area contributed by atoms with E-state index in [-0.39, 0.29) is 18.5 Å². The lowest BCUT2D eigenvalue weighted by Gasteiger charge is -2.22. The Morgan fingerprint density at radius 3 is 2.52 bits per heavy atom. The fourth-order valence-electron chi connectivity index (χ4n) is 4.21. The molecule has 0 saturated heterocycles. The van der Waals surface area contributed by atoms with Gasteiger partial charge in [0.2, 0.25) is 0 Å². The summed E-state index contributed by atoms with van der Waals surface area (Å²) in [5, 5.41) is 12.1. The van der Waals surface area contributed by atoms with Crippen LogP contribution in [0.3, 0.4) is 0 Å². The number of benzene rings is 3. The van der Waals surface area contributed by atoms with Crippen molar-refractivity contribution in [2.45, 2.75) is 25.3 Å². The minimum Gasteiger partial charge on any atom is -0.497 e. The summed E-state index contributed by atoms with van der Waals surface area (Å²) in [6, 6.07) is 19.4. The molecule has 0 aliphatic carbocycles. The summed E-state index contributed by atoms with van der Waals surface area (Å²) >= 11 is 1.34. The van der Waals surface area contributed by atoms with Crippen molar-refractivity contribution in [2.75, 3.05) is 25.1 Å². The minimum atomic E-state index is -1.75. The van der Waals surface area contributed by atoms with E-state index in [0.717, 1.165) is 11.8 Å². The molecule has 0 N–H and O–H groups in total. The standard InChI is InChI=1S/C29H23FN4O4S2.C2H6/c1-36-20-8-7-19(27(15-20)37-2)18-34(29-32-12-14-39-29)40(35)21-9-10-22-24(16-21)25(30)17-33-28(22)23-5-3-4-6-26(23)38-13-11-31;1-2/h3-10,12,14-17H,13,18H2,1-2H3;1-2H3. The molecule has 216 valence electrons. The number of pyridine rings is 1. The minimum absolute atomic E-state index is 0.134. The van der Waals surface area contributed by atoms with Gasteiger partial charge in [-0.3, -0.25) is 9.29 Å². The van der Waals surface area contributed by atoms with E-state index in [1.165, 1.54) is 11.3 Å². The van der Waals surface area contributed by atoms with Crippen LogP contribution in [0.4, 0.5) is 9.52 Å². The van der Waals surface area contributed by atoms with Crippen LogP contribution in [0.1, 0.15) is 19.4 Å². The van der Waals surface area contributed by atoms with Crippen molar-refractivity contribution in [3.63, 3.8) is 0 Å². The second-order valence-electron chi connectivity index (χ2n) is 8.38. The first-order chi connectivity index (χ1) is 20.5. The van der Waals surface area contributed by atoms with E-state index in [9.17, 15) is 4.21 Å². The second-order valence-corrected chi connectivity index (χ2v) is 10.7. The molecule has 0 aliphatic heterocycles. The highest BCUT2D eigenvalue weighted by Gasteiger charge is 2.23. The maximum Gasteiger partial charge on any atom is 0.197 e. The number of para-hydroxylation sites is 1. The highest BCUT2D eigenvalue weighted by Crippen LogP contribution is 2.36. The predicted octanol–water partition coefficient (Wildman–Crippen LogP) is 7.17. The van der Waals surface area contributed by atoms with Gasteiger partial charge in [-0.25, -0.2) is 13.6 Å². The SMILES string of the molecule is CC.COc1ccc(CN(c2nccs2)S(=O)c2ccc3c(-c4ccccc4OCC#N)ncc(F)c3c2)c(OC)c1. The molecule has 3 aromatic carbocycles. The zero-order chi connectivity index (χ0) is 30.1. The Balaban J connectivity index is 0.00000198. The highest BCUT2D eigenvalue weighted by molar-refractivity contribution is 7.86. The quantitative estimate of drug-likeness (QED) is 0.167. The number of fused-ring (bicyclic) bond motifs is 1. The van der Waals surface area contributed by atoms with Gasteiger partial charge >= 0.3 is 0 Å². The Morgan fingerprint density at radius 2 is 1.81 bits per heavy atom. The Bertz CT molecular complexity index is 1720. The monoisotopic (exact) mass is 604 g/mol. The maximum atomic E-state index is 15.1. The summed E-state index contributed by atoms with van der Waals surface area (Å²) in [5.74, 6) is 1.12. The van der Waals surface area contributed by atoms with Gasteiger partial charge < -0.3 is 14.2 Å². The predicted molar refractivity (Wildman–Crippen MR) is 164 cm³/mol. The summed E-state index contributed by atoms with van der Waals surface area (Å²) in [5.41, 5.74) is 1.88. The number of nitrogens with zero attached hydrogens (tertiary/aromatic N) is 4. The summed E-state index contributed by atoms with van der Waals surface area (Å²) in [6.45, 7) is 4.09. The van der Waals surface area contributed by atoms with Crippen LogP contribution >= 0.6 is 11.3 Å². The van der Waals surface area contributed by atoms with Gasteiger partial charge in [-0.15, -0.1) is 11.3 Å². The molecule has 2 aromatic heterocycles. The average Bonchev–Trinajstić information content (AvgIpc) is 3.58. The van der Waals surface area contributed by atoms with E-state index in [0.29, 0.717) is 43.9 Å². The number of aromatic nitrogens is 2. The fourth-order valence-corrected chi connectivity index (χ4v) is 6.19. The van der Waals surface area contributed by atoms with Gasteiger partial charge in [0.1, 0.15) is 29.1 Å². The molecule has 0 amide bonds.